The number of quaternary nitrogens is 1. The van der Waals surface area contributed by atoms with Gasteiger partial charge in [-0.15, -0.1) is 0 Å². The molecule has 0 saturated heterocycles. The van der Waals surface area contributed by atoms with Gasteiger partial charge in [0.05, 0.1) is 0 Å². The lowest BCUT2D eigenvalue weighted by Crippen LogP contribution is -2.51. The SMILES string of the molecule is C[C@H]([NH3+])c1cc2cc(Cl)ccc2o1. The van der Waals surface area contributed by atoms with Crippen molar-refractivity contribution in [2.24, 2.45) is 0 Å². The van der Waals surface area contributed by atoms with Crippen molar-refractivity contribution in [2.75, 3.05) is 0 Å². The van der Waals surface area contributed by atoms with Crippen molar-refractivity contribution < 1.29 is 10.2 Å². The smallest absolute Gasteiger partial charge is 0.162 e. The van der Waals surface area contributed by atoms with Crippen molar-refractivity contribution in [3.05, 3.63) is 35.0 Å². The molecular formula is C10H11ClNO+. The van der Waals surface area contributed by atoms with Crippen molar-refractivity contribution in [3.63, 3.8) is 0 Å². The van der Waals surface area contributed by atoms with Crippen LogP contribution in [0.25, 0.3) is 11.0 Å². The maximum atomic E-state index is 5.85. The molecule has 1 atom stereocenters. The zero-order valence-electron chi connectivity index (χ0n) is 7.38. The Balaban J connectivity index is 2.62. The van der Waals surface area contributed by atoms with Crippen LogP contribution < -0.4 is 5.73 Å². The highest BCUT2D eigenvalue weighted by molar-refractivity contribution is 6.31. The molecular weight excluding hydrogens is 186 g/mol. The summed E-state index contributed by atoms with van der Waals surface area (Å²) in [6.45, 7) is 2.00. The first-order chi connectivity index (χ1) is 6.16. The largest absolute Gasteiger partial charge is 0.455 e. The quantitative estimate of drug-likeness (QED) is 0.748. The molecule has 13 heavy (non-hydrogen) atoms. The molecule has 0 fully saturated rings. The fourth-order valence-corrected chi connectivity index (χ4v) is 1.46. The van der Waals surface area contributed by atoms with Crippen LogP contribution in [0.15, 0.2) is 28.7 Å². The zero-order chi connectivity index (χ0) is 9.42. The third-order valence-electron chi connectivity index (χ3n) is 1.98. The van der Waals surface area contributed by atoms with Gasteiger partial charge in [0.25, 0.3) is 0 Å². The van der Waals surface area contributed by atoms with E-state index in [1.54, 1.807) is 0 Å². The summed E-state index contributed by atoms with van der Waals surface area (Å²) in [7, 11) is 0. The van der Waals surface area contributed by atoms with Gasteiger partial charge in [-0.3, -0.25) is 0 Å². The molecule has 2 nitrogen and oxygen atoms in total. The highest BCUT2D eigenvalue weighted by atomic mass is 35.5. The summed E-state index contributed by atoms with van der Waals surface area (Å²) in [5.41, 5.74) is 4.77. The Kier molecular flexibility index (Phi) is 2.02. The first-order valence-corrected chi connectivity index (χ1v) is 4.56. The summed E-state index contributed by atoms with van der Waals surface area (Å²) in [6.07, 6.45) is 0. The maximum Gasteiger partial charge on any atom is 0.162 e. The summed E-state index contributed by atoms with van der Waals surface area (Å²) in [4.78, 5) is 0. The Bertz CT molecular complexity index is 433. The van der Waals surface area contributed by atoms with Gasteiger partial charge in [-0.05, 0) is 31.2 Å². The van der Waals surface area contributed by atoms with E-state index >= 15 is 0 Å². The second-order valence-corrected chi connectivity index (χ2v) is 3.67. The van der Waals surface area contributed by atoms with Crippen LogP contribution in [0.3, 0.4) is 0 Å². The van der Waals surface area contributed by atoms with Crippen LogP contribution in [0.1, 0.15) is 18.7 Å². The molecule has 0 bridgehead atoms. The molecule has 0 spiro atoms. The molecule has 0 aliphatic heterocycles. The van der Waals surface area contributed by atoms with E-state index < -0.39 is 0 Å². The van der Waals surface area contributed by atoms with Crippen molar-refractivity contribution in [3.8, 4) is 0 Å². The second kappa shape index (κ2) is 3.05. The molecule has 0 saturated carbocycles. The van der Waals surface area contributed by atoms with Gasteiger partial charge in [-0.2, -0.15) is 0 Å². The molecule has 0 amide bonds. The Labute approximate surface area is 81.3 Å². The van der Waals surface area contributed by atoms with Crippen LogP contribution in [-0.2, 0) is 0 Å². The van der Waals surface area contributed by atoms with Crippen molar-refractivity contribution >= 4 is 22.6 Å². The molecule has 3 heteroatoms. The second-order valence-electron chi connectivity index (χ2n) is 3.23. The minimum Gasteiger partial charge on any atom is -0.455 e. The van der Waals surface area contributed by atoms with Gasteiger partial charge in [0.15, 0.2) is 5.76 Å². The number of fused-ring (bicyclic) bond motifs is 1. The van der Waals surface area contributed by atoms with E-state index in [2.05, 4.69) is 5.73 Å². The number of benzene rings is 1. The fraction of sp³-hybridized carbons (Fsp3) is 0.200. The molecule has 1 heterocycles. The zero-order valence-corrected chi connectivity index (χ0v) is 8.14. The average molecular weight is 197 g/mol. The van der Waals surface area contributed by atoms with Crippen LogP contribution >= 0.6 is 11.6 Å². The maximum absolute atomic E-state index is 5.85. The fourth-order valence-electron chi connectivity index (χ4n) is 1.28. The van der Waals surface area contributed by atoms with Gasteiger partial charge in [0.1, 0.15) is 11.6 Å². The molecule has 1 aromatic heterocycles. The first kappa shape index (κ1) is 8.60. The Hall–Kier alpha value is -0.990. The number of hydrogen-bond acceptors (Lipinski definition) is 1. The van der Waals surface area contributed by atoms with E-state index in [1.807, 2.05) is 31.2 Å². The normalized spacial score (nSPS) is 13.5. The summed E-state index contributed by atoms with van der Waals surface area (Å²) >= 11 is 5.85. The van der Waals surface area contributed by atoms with E-state index in [1.165, 1.54) is 0 Å². The monoisotopic (exact) mass is 196 g/mol. The van der Waals surface area contributed by atoms with Crippen LogP contribution in [-0.4, -0.2) is 0 Å². The van der Waals surface area contributed by atoms with Crippen LogP contribution in [0.5, 0.6) is 0 Å². The lowest BCUT2D eigenvalue weighted by molar-refractivity contribution is -0.424. The summed E-state index contributed by atoms with van der Waals surface area (Å²) in [6, 6.07) is 7.76. The molecule has 1 aromatic carbocycles. The van der Waals surface area contributed by atoms with Crippen LogP contribution in [0, 0.1) is 0 Å². The number of rotatable bonds is 1. The van der Waals surface area contributed by atoms with Crippen LogP contribution in [0.2, 0.25) is 5.02 Å². The predicted molar refractivity (Wildman–Crippen MR) is 52.5 cm³/mol. The van der Waals surface area contributed by atoms with Gasteiger partial charge < -0.3 is 10.2 Å². The van der Waals surface area contributed by atoms with E-state index in [0.29, 0.717) is 0 Å². The third kappa shape index (κ3) is 1.55. The Morgan fingerprint density at radius 1 is 1.38 bits per heavy atom. The lowest BCUT2D eigenvalue weighted by atomic mass is 10.2. The molecule has 0 aliphatic carbocycles. The van der Waals surface area contributed by atoms with E-state index in [-0.39, 0.29) is 6.04 Å². The molecule has 0 aliphatic rings. The molecule has 68 valence electrons. The molecule has 0 unspecified atom stereocenters. The predicted octanol–water partition coefficient (Wildman–Crippen LogP) is 2.39. The van der Waals surface area contributed by atoms with Crippen LogP contribution in [0.4, 0.5) is 0 Å². The number of furan rings is 1. The highest BCUT2D eigenvalue weighted by Crippen LogP contribution is 2.24. The molecule has 0 radical (unpaired) electrons. The summed E-state index contributed by atoms with van der Waals surface area (Å²) < 4.78 is 5.56. The van der Waals surface area contributed by atoms with Gasteiger partial charge in [-0.1, -0.05) is 11.6 Å². The average Bonchev–Trinajstić information content (AvgIpc) is 2.46. The summed E-state index contributed by atoms with van der Waals surface area (Å²) in [5.74, 6) is 0.900. The van der Waals surface area contributed by atoms with Gasteiger partial charge in [0, 0.05) is 10.4 Å². The van der Waals surface area contributed by atoms with Gasteiger partial charge >= 0.3 is 0 Å². The minimum absolute atomic E-state index is 0.172. The third-order valence-corrected chi connectivity index (χ3v) is 2.22. The van der Waals surface area contributed by atoms with Crippen molar-refractivity contribution in [2.45, 2.75) is 13.0 Å². The Morgan fingerprint density at radius 2 is 2.15 bits per heavy atom. The summed E-state index contributed by atoms with van der Waals surface area (Å²) in [5, 5.41) is 1.77. The lowest BCUT2D eigenvalue weighted by Gasteiger charge is -1.92. The molecule has 3 N–H and O–H groups in total. The first-order valence-electron chi connectivity index (χ1n) is 4.19. The van der Waals surface area contributed by atoms with Gasteiger partial charge in [0.2, 0.25) is 0 Å². The number of halogens is 1. The van der Waals surface area contributed by atoms with Crippen molar-refractivity contribution in [1.29, 1.82) is 0 Å². The standard InChI is InChI=1S/C10H10ClNO/c1-6(12)10-5-7-4-8(11)2-3-9(7)13-10/h2-6H,12H2,1H3/p+1/t6-/m0/s1. The van der Waals surface area contributed by atoms with Gasteiger partial charge in [-0.25, -0.2) is 0 Å². The number of hydrogen-bond donors (Lipinski definition) is 1. The Morgan fingerprint density at radius 3 is 2.85 bits per heavy atom. The topological polar surface area (TPSA) is 40.8 Å². The minimum atomic E-state index is 0.172. The van der Waals surface area contributed by atoms with E-state index in [0.717, 1.165) is 21.8 Å². The van der Waals surface area contributed by atoms with Crippen molar-refractivity contribution in [1.82, 2.24) is 0 Å². The highest BCUT2D eigenvalue weighted by Gasteiger charge is 2.09. The van der Waals surface area contributed by atoms with E-state index in [9.17, 15) is 0 Å². The molecule has 2 aromatic rings. The van der Waals surface area contributed by atoms with E-state index in [4.69, 9.17) is 16.0 Å². The molecule has 2 rings (SSSR count).